The molecule has 154 valence electrons. The summed E-state index contributed by atoms with van der Waals surface area (Å²) in [4.78, 5) is 39.3. The van der Waals surface area contributed by atoms with Gasteiger partial charge in [0.05, 0.1) is 29.7 Å². The maximum Gasteiger partial charge on any atom is 0.414 e. The van der Waals surface area contributed by atoms with Gasteiger partial charge in [0.2, 0.25) is 11.8 Å². The van der Waals surface area contributed by atoms with Crippen LogP contribution in [0.1, 0.15) is 27.7 Å². The second-order valence-corrected chi connectivity index (χ2v) is 7.38. The molecule has 3 rings (SSSR count). The average Bonchev–Trinajstić information content (AvgIpc) is 3.07. The first-order chi connectivity index (χ1) is 13.7. The predicted octanol–water partition coefficient (Wildman–Crippen LogP) is 2.14. The maximum absolute atomic E-state index is 12.7. The summed E-state index contributed by atoms with van der Waals surface area (Å²) >= 11 is 0. The average molecular weight is 399 g/mol. The molecular formula is C20H25N5O4. The number of carbonyl (C=O) groups is 3. The first kappa shape index (κ1) is 20.4. The first-order valence-electron chi connectivity index (χ1n) is 9.40. The summed E-state index contributed by atoms with van der Waals surface area (Å²) in [6.45, 7) is 7.27. The van der Waals surface area contributed by atoms with Crippen molar-refractivity contribution in [2.45, 2.75) is 46.4 Å². The number of aromatic nitrogens is 2. The second-order valence-electron chi connectivity index (χ2n) is 7.38. The number of amides is 3. The minimum Gasteiger partial charge on any atom is -0.446 e. The van der Waals surface area contributed by atoms with Crippen LogP contribution in [0.2, 0.25) is 0 Å². The number of primary amides is 1. The molecule has 9 heteroatoms. The molecule has 0 saturated heterocycles. The van der Waals surface area contributed by atoms with Crippen molar-refractivity contribution in [3.63, 3.8) is 0 Å². The van der Waals surface area contributed by atoms with E-state index in [4.69, 9.17) is 10.5 Å². The monoisotopic (exact) mass is 399 g/mol. The van der Waals surface area contributed by atoms with Crippen LogP contribution in [0, 0.1) is 0 Å². The van der Waals surface area contributed by atoms with E-state index < -0.39 is 12.0 Å². The third kappa shape index (κ3) is 4.23. The lowest BCUT2D eigenvalue weighted by Gasteiger charge is -2.40. The van der Waals surface area contributed by atoms with E-state index in [0.717, 1.165) is 11.1 Å². The molecule has 0 saturated carbocycles. The molecule has 0 radical (unpaired) electrons. The Bertz CT molecular complexity index is 952. The zero-order valence-corrected chi connectivity index (χ0v) is 17.0. The Balaban J connectivity index is 2.04. The Hall–Kier alpha value is -3.36. The zero-order chi connectivity index (χ0) is 21.3. The van der Waals surface area contributed by atoms with Crippen LogP contribution in [-0.2, 0) is 20.9 Å². The van der Waals surface area contributed by atoms with Crippen molar-refractivity contribution >= 4 is 29.3 Å². The molecule has 0 spiro atoms. The van der Waals surface area contributed by atoms with E-state index in [0.29, 0.717) is 17.9 Å². The van der Waals surface area contributed by atoms with Crippen LogP contribution in [0.15, 0.2) is 30.6 Å². The minimum absolute atomic E-state index is 0.0204. The number of nitrogens with two attached hydrogens (primary N) is 1. The smallest absolute Gasteiger partial charge is 0.414 e. The Morgan fingerprint density at radius 2 is 1.97 bits per heavy atom. The molecule has 2 heterocycles. The second kappa shape index (κ2) is 7.94. The summed E-state index contributed by atoms with van der Waals surface area (Å²) in [5.74, 6) is -0.587. The molecule has 1 aromatic heterocycles. The number of hydrogen-bond acceptors (Lipinski definition) is 5. The molecule has 2 N–H and O–H groups in total. The van der Waals surface area contributed by atoms with E-state index in [1.165, 1.54) is 11.6 Å². The van der Waals surface area contributed by atoms with Gasteiger partial charge in [-0.05, 0) is 38.5 Å². The lowest BCUT2D eigenvalue weighted by molar-refractivity contribution is -0.119. The van der Waals surface area contributed by atoms with Gasteiger partial charge in [0.1, 0.15) is 6.54 Å². The van der Waals surface area contributed by atoms with Gasteiger partial charge in [-0.3, -0.25) is 19.2 Å². The number of fused-ring (bicyclic) bond motifs is 1. The maximum atomic E-state index is 12.7. The van der Waals surface area contributed by atoms with E-state index in [1.807, 2.05) is 25.1 Å². The Kier molecular flexibility index (Phi) is 5.58. The number of nitrogens with zero attached hydrogens (tertiary/aromatic N) is 4. The fourth-order valence-corrected chi connectivity index (χ4v) is 3.48. The highest BCUT2D eigenvalue weighted by molar-refractivity contribution is 6.03. The van der Waals surface area contributed by atoms with Crippen molar-refractivity contribution in [2.24, 2.45) is 5.73 Å². The van der Waals surface area contributed by atoms with E-state index in [1.54, 1.807) is 36.0 Å². The fraction of sp³-hybridized carbons (Fsp3) is 0.400. The highest BCUT2D eigenvalue weighted by atomic mass is 16.6. The van der Waals surface area contributed by atoms with Gasteiger partial charge in [-0.2, -0.15) is 5.10 Å². The minimum atomic E-state index is -0.487. The molecule has 1 aliphatic rings. The molecule has 29 heavy (non-hydrogen) atoms. The van der Waals surface area contributed by atoms with Crippen LogP contribution < -0.4 is 15.5 Å². The third-order valence-corrected chi connectivity index (χ3v) is 4.59. The standard InChI is InChI=1S/C20H25N5O4/c1-12(2)29-20(28)24-9-13(3)25(14(4)26)17-6-5-15(7-18(17)24)16-8-22-23(10-16)11-19(21)27/h5-8,10,12-13H,9,11H2,1-4H3,(H2,21,27)/t13-/m0/s1. The molecule has 0 unspecified atom stereocenters. The number of hydrogen-bond donors (Lipinski definition) is 1. The number of rotatable bonds is 4. The molecule has 1 aliphatic heterocycles. The van der Waals surface area contributed by atoms with Crippen LogP contribution in [0.25, 0.3) is 11.1 Å². The Morgan fingerprint density at radius 3 is 2.59 bits per heavy atom. The van der Waals surface area contributed by atoms with Crippen LogP contribution in [0.4, 0.5) is 16.2 Å². The molecule has 0 fully saturated rings. The summed E-state index contributed by atoms with van der Waals surface area (Å²) in [5.41, 5.74) is 8.00. The summed E-state index contributed by atoms with van der Waals surface area (Å²) in [6.07, 6.45) is 2.60. The van der Waals surface area contributed by atoms with Crippen LogP contribution in [-0.4, -0.2) is 46.4 Å². The number of carbonyl (C=O) groups excluding carboxylic acids is 3. The van der Waals surface area contributed by atoms with Gasteiger partial charge >= 0.3 is 6.09 Å². The van der Waals surface area contributed by atoms with E-state index in [9.17, 15) is 14.4 Å². The Labute approximate surface area is 169 Å². The summed E-state index contributed by atoms with van der Waals surface area (Å²) < 4.78 is 6.85. The van der Waals surface area contributed by atoms with Gasteiger partial charge in [0.15, 0.2) is 0 Å². The van der Waals surface area contributed by atoms with Crippen LogP contribution >= 0.6 is 0 Å². The fourth-order valence-electron chi connectivity index (χ4n) is 3.48. The van der Waals surface area contributed by atoms with Gasteiger partial charge in [0.25, 0.3) is 0 Å². The lowest BCUT2D eigenvalue weighted by Crippen LogP contribution is -2.51. The van der Waals surface area contributed by atoms with Crippen molar-refractivity contribution in [1.82, 2.24) is 9.78 Å². The van der Waals surface area contributed by atoms with Crippen molar-refractivity contribution in [3.05, 3.63) is 30.6 Å². The van der Waals surface area contributed by atoms with E-state index >= 15 is 0 Å². The molecule has 3 amide bonds. The molecule has 0 bridgehead atoms. The highest BCUT2D eigenvalue weighted by Crippen LogP contribution is 2.39. The molecule has 2 aromatic rings. The van der Waals surface area contributed by atoms with E-state index in [2.05, 4.69) is 5.10 Å². The van der Waals surface area contributed by atoms with Gasteiger partial charge in [-0.15, -0.1) is 0 Å². The highest BCUT2D eigenvalue weighted by Gasteiger charge is 2.34. The summed E-state index contributed by atoms with van der Waals surface area (Å²) in [5, 5.41) is 4.14. The largest absolute Gasteiger partial charge is 0.446 e. The van der Waals surface area contributed by atoms with Crippen LogP contribution in [0.3, 0.4) is 0 Å². The molecular weight excluding hydrogens is 374 g/mol. The molecule has 1 aromatic carbocycles. The first-order valence-corrected chi connectivity index (χ1v) is 9.40. The van der Waals surface area contributed by atoms with Gasteiger partial charge < -0.3 is 15.4 Å². The quantitative estimate of drug-likeness (QED) is 0.847. The van der Waals surface area contributed by atoms with Gasteiger partial charge in [-0.1, -0.05) is 6.07 Å². The van der Waals surface area contributed by atoms with Crippen LogP contribution in [0.5, 0.6) is 0 Å². The predicted molar refractivity (Wildman–Crippen MR) is 108 cm³/mol. The topological polar surface area (TPSA) is 111 Å². The third-order valence-electron chi connectivity index (χ3n) is 4.59. The van der Waals surface area contributed by atoms with E-state index in [-0.39, 0.29) is 24.6 Å². The summed E-state index contributed by atoms with van der Waals surface area (Å²) in [7, 11) is 0. The van der Waals surface area contributed by atoms with Crippen molar-refractivity contribution in [3.8, 4) is 11.1 Å². The number of ether oxygens (including phenoxy) is 1. The SMILES string of the molecule is CC(=O)N1c2ccc(-c3cnn(CC(N)=O)c3)cc2N(C(=O)OC(C)C)C[C@@H]1C. The van der Waals surface area contributed by atoms with Crippen molar-refractivity contribution in [1.29, 1.82) is 0 Å². The molecule has 9 nitrogen and oxygen atoms in total. The lowest BCUT2D eigenvalue weighted by atomic mass is 10.0. The Morgan fingerprint density at radius 1 is 1.24 bits per heavy atom. The molecule has 0 aliphatic carbocycles. The van der Waals surface area contributed by atoms with Crippen molar-refractivity contribution in [2.75, 3.05) is 16.3 Å². The van der Waals surface area contributed by atoms with Crippen molar-refractivity contribution < 1.29 is 19.1 Å². The number of benzene rings is 1. The number of anilines is 2. The summed E-state index contributed by atoms with van der Waals surface area (Å²) in [6, 6.07) is 5.29. The normalized spacial score (nSPS) is 16.0. The molecule has 1 atom stereocenters. The van der Waals surface area contributed by atoms with Gasteiger partial charge in [0, 0.05) is 25.2 Å². The zero-order valence-electron chi connectivity index (χ0n) is 17.0. The van der Waals surface area contributed by atoms with Gasteiger partial charge in [-0.25, -0.2) is 4.79 Å².